The van der Waals surface area contributed by atoms with Gasteiger partial charge < -0.3 is 9.88 Å². The highest BCUT2D eigenvalue weighted by atomic mass is 32.2. The number of amides is 1. The van der Waals surface area contributed by atoms with Gasteiger partial charge in [0.15, 0.2) is 5.03 Å². The first-order valence-corrected chi connectivity index (χ1v) is 11.3. The number of benzene rings is 2. The Hall–Kier alpha value is -3.55. The van der Waals surface area contributed by atoms with E-state index in [2.05, 4.69) is 10.3 Å². The Labute approximate surface area is 185 Å². The molecule has 2 atom stereocenters. The standard InChI is InChI=1S/C22H20FN5O3S/c1-27-13-21(25-14-27)32(30,31)28-11-19(16-5-7-17(23)8-6-16)20(12-28)22(29)26-18-4-2-3-15(9-18)10-24/h2-9,13-14,19-20H,11-12H2,1H3,(H,26,29)/t19-,20+/m0/s1. The maximum Gasteiger partial charge on any atom is 0.262 e. The molecule has 0 radical (unpaired) electrons. The van der Waals surface area contributed by atoms with Crippen LogP contribution >= 0.6 is 0 Å². The fraction of sp³-hybridized carbons (Fsp3) is 0.227. The first kappa shape index (κ1) is 21.7. The van der Waals surface area contributed by atoms with Crippen LogP contribution < -0.4 is 5.32 Å². The Morgan fingerprint density at radius 1 is 1.22 bits per heavy atom. The molecule has 2 heterocycles. The van der Waals surface area contributed by atoms with Crippen LogP contribution in [0.1, 0.15) is 17.0 Å². The maximum absolute atomic E-state index is 13.5. The topological polar surface area (TPSA) is 108 Å². The van der Waals surface area contributed by atoms with Gasteiger partial charge in [0.25, 0.3) is 10.0 Å². The molecule has 4 rings (SSSR count). The molecule has 0 unspecified atom stereocenters. The summed E-state index contributed by atoms with van der Waals surface area (Å²) in [6.45, 7) is 0.00554. The lowest BCUT2D eigenvalue weighted by Crippen LogP contribution is -2.32. The second-order valence-electron chi connectivity index (χ2n) is 7.65. The average Bonchev–Trinajstić information content (AvgIpc) is 3.42. The number of imidazole rings is 1. The number of aromatic nitrogens is 2. The van der Waals surface area contributed by atoms with Gasteiger partial charge in [0.1, 0.15) is 5.82 Å². The summed E-state index contributed by atoms with van der Waals surface area (Å²) in [5.41, 5.74) is 1.50. The second kappa shape index (κ2) is 8.53. The number of hydrogen-bond acceptors (Lipinski definition) is 5. The van der Waals surface area contributed by atoms with E-state index in [9.17, 15) is 17.6 Å². The van der Waals surface area contributed by atoms with Crippen molar-refractivity contribution in [3.05, 3.63) is 78.0 Å². The van der Waals surface area contributed by atoms with Gasteiger partial charge in [0.2, 0.25) is 5.91 Å². The zero-order valence-corrected chi connectivity index (χ0v) is 18.0. The molecule has 164 valence electrons. The van der Waals surface area contributed by atoms with E-state index in [1.807, 2.05) is 6.07 Å². The van der Waals surface area contributed by atoms with E-state index < -0.39 is 27.7 Å². The number of carbonyl (C=O) groups is 1. The van der Waals surface area contributed by atoms with Gasteiger partial charge in [-0.2, -0.15) is 9.57 Å². The van der Waals surface area contributed by atoms with E-state index in [0.717, 1.165) is 0 Å². The number of nitrogens with one attached hydrogen (secondary N) is 1. The van der Waals surface area contributed by atoms with Crippen molar-refractivity contribution in [1.29, 1.82) is 5.26 Å². The largest absolute Gasteiger partial charge is 0.339 e. The molecule has 1 aromatic heterocycles. The molecule has 1 aliphatic heterocycles. The molecule has 0 saturated carbocycles. The highest BCUT2D eigenvalue weighted by Crippen LogP contribution is 2.36. The van der Waals surface area contributed by atoms with Crippen molar-refractivity contribution in [3.8, 4) is 6.07 Å². The first-order valence-electron chi connectivity index (χ1n) is 9.82. The molecule has 0 spiro atoms. The van der Waals surface area contributed by atoms with Gasteiger partial charge in [0.05, 0.1) is 23.9 Å². The summed E-state index contributed by atoms with van der Waals surface area (Å²) in [6.07, 6.45) is 2.80. The SMILES string of the molecule is Cn1cnc(S(=O)(=O)N2C[C@@H](C(=O)Nc3cccc(C#N)c3)[C@H](c3ccc(F)cc3)C2)c1. The Kier molecular flexibility index (Phi) is 5.78. The van der Waals surface area contributed by atoms with Crippen LogP contribution in [0, 0.1) is 23.1 Å². The van der Waals surface area contributed by atoms with Gasteiger partial charge in [0, 0.05) is 37.9 Å². The smallest absolute Gasteiger partial charge is 0.262 e. The number of rotatable bonds is 5. The third-order valence-electron chi connectivity index (χ3n) is 5.47. The van der Waals surface area contributed by atoms with E-state index in [4.69, 9.17) is 5.26 Å². The highest BCUT2D eigenvalue weighted by Gasteiger charge is 2.44. The molecule has 0 aliphatic carbocycles. The highest BCUT2D eigenvalue weighted by molar-refractivity contribution is 7.89. The number of carbonyl (C=O) groups excluding carboxylic acids is 1. The van der Waals surface area contributed by atoms with Crippen LogP contribution in [0.15, 0.2) is 66.1 Å². The zero-order valence-electron chi connectivity index (χ0n) is 17.1. The number of halogens is 1. The van der Waals surface area contributed by atoms with Gasteiger partial charge in [-0.1, -0.05) is 18.2 Å². The van der Waals surface area contributed by atoms with Crippen LogP contribution in [0.25, 0.3) is 0 Å². The predicted molar refractivity (Wildman–Crippen MR) is 114 cm³/mol. The molecular weight excluding hydrogens is 433 g/mol. The molecule has 1 amide bonds. The number of nitriles is 1. The van der Waals surface area contributed by atoms with Gasteiger partial charge in [-0.05, 0) is 35.9 Å². The normalized spacial score (nSPS) is 18.9. The predicted octanol–water partition coefficient (Wildman–Crippen LogP) is 2.47. The van der Waals surface area contributed by atoms with Gasteiger partial charge in [-0.3, -0.25) is 4.79 Å². The fourth-order valence-electron chi connectivity index (χ4n) is 3.83. The van der Waals surface area contributed by atoms with E-state index in [-0.39, 0.29) is 24.0 Å². The second-order valence-corrected chi connectivity index (χ2v) is 9.53. The van der Waals surface area contributed by atoms with Crippen molar-refractivity contribution in [2.75, 3.05) is 18.4 Å². The number of anilines is 1. The summed E-state index contributed by atoms with van der Waals surface area (Å²) in [7, 11) is -2.24. The average molecular weight is 453 g/mol. The quantitative estimate of drug-likeness (QED) is 0.639. The molecule has 2 aromatic carbocycles. The van der Waals surface area contributed by atoms with E-state index in [0.29, 0.717) is 16.8 Å². The zero-order chi connectivity index (χ0) is 22.9. The molecule has 1 N–H and O–H groups in total. The fourth-order valence-corrected chi connectivity index (χ4v) is 5.29. The summed E-state index contributed by atoms with van der Waals surface area (Å²) in [6, 6.07) is 14.2. The van der Waals surface area contributed by atoms with Crippen molar-refractivity contribution in [2.45, 2.75) is 10.9 Å². The van der Waals surface area contributed by atoms with E-state index >= 15 is 0 Å². The molecular formula is C22H20FN5O3S. The van der Waals surface area contributed by atoms with E-state index in [1.165, 1.54) is 33.5 Å². The van der Waals surface area contributed by atoms with Crippen molar-refractivity contribution < 1.29 is 17.6 Å². The first-order chi connectivity index (χ1) is 15.3. The van der Waals surface area contributed by atoms with E-state index in [1.54, 1.807) is 43.4 Å². The molecule has 1 fully saturated rings. The van der Waals surface area contributed by atoms with Crippen LogP contribution in [0.3, 0.4) is 0 Å². The lowest BCUT2D eigenvalue weighted by molar-refractivity contribution is -0.119. The van der Waals surface area contributed by atoms with Crippen LogP contribution in [0.4, 0.5) is 10.1 Å². The summed E-state index contributed by atoms with van der Waals surface area (Å²) >= 11 is 0. The lowest BCUT2D eigenvalue weighted by Gasteiger charge is -2.18. The van der Waals surface area contributed by atoms with Crippen molar-refractivity contribution in [1.82, 2.24) is 13.9 Å². The minimum Gasteiger partial charge on any atom is -0.339 e. The third-order valence-corrected chi connectivity index (χ3v) is 7.18. The molecule has 10 heteroatoms. The van der Waals surface area contributed by atoms with Crippen LogP contribution in [-0.2, 0) is 21.9 Å². The molecule has 8 nitrogen and oxygen atoms in total. The van der Waals surface area contributed by atoms with Crippen molar-refractivity contribution in [2.24, 2.45) is 13.0 Å². The molecule has 1 aliphatic rings. The van der Waals surface area contributed by atoms with Gasteiger partial charge in [-0.15, -0.1) is 0 Å². The van der Waals surface area contributed by atoms with Gasteiger partial charge in [-0.25, -0.2) is 17.8 Å². The lowest BCUT2D eigenvalue weighted by atomic mass is 9.88. The van der Waals surface area contributed by atoms with Gasteiger partial charge >= 0.3 is 0 Å². The number of hydrogen-bond donors (Lipinski definition) is 1. The maximum atomic E-state index is 13.5. The van der Waals surface area contributed by atoms with Crippen molar-refractivity contribution in [3.63, 3.8) is 0 Å². The number of aryl methyl sites for hydroxylation is 1. The third kappa shape index (κ3) is 4.26. The summed E-state index contributed by atoms with van der Waals surface area (Å²) in [5, 5.41) is 11.8. The number of sulfonamides is 1. The summed E-state index contributed by atoms with van der Waals surface area (Å²) in [5.74, 6) is -2.00. The van der Waals surface area contributed by atoms with Crippen LogP contribution in [0.2, 0.25) is 0 Å². The molecule has 3 aromatic rings. The Balaban J connectivity index is 1.65. The Bertz CT molecular complexity index is 1300. The Morgan fingerprint density at radius 3 is 2.62 bits per heavy atom. The Morgan fingerprint density at radius 2 is 1.97 bits per heavy atom. The molecule has 1 saturated heterocycles. The van der Waals surface area contributed by atoms with Crippen LogP contribution in [-0.4, -0.2) is 41.3 Å². The van der Waals surface area contributed by atoms with Crippen LogP contribution in [0.5, 0.6) is 0 Å². The molecule has 32 heavy (non-hydrogen) atoms. The number of nitrogens with zero attached hydrogens (tertiary/aromatic N) is 4. The summed E-state index contributed by atoms with van der Waals surface area (Å²) in [4.78, 5) is 17.1. The monoisotopic (exact) mass is 453 g/mol. The van der Waals surface area contributed by atoms with Crippen molar-refractivity contribution >= 4 is 21.6 Å². The molecule has 0 bridgehead atoms. The minimum atomic E-state index is -3.91. The summed E-state index contributed by atoms with van der Waals surface area (Å²) < 4.78 is 42.4. The minimum absolute atomic E-state index is 0.0509.